The number of nitrogens with one attached hydrogen (secondary N) is 2. The van der Waals surface area contributed by atoms with E-state index in [1.165, 1.54) is 0 Å². The predicted molar refractivity (Wildman–Crippen MR) is 84.3 cm³/mol. The Morgan fingerprint density at radius 2 is 2.19 bits per heavy atom. The normalized spacial score (nSPS) is 10.7. The van der Waals surface area contributed by atoms with E-state index in [0.717, 1.165) is 18.1 Å². The highest BCUT2D eigenvalue weighted by Crippen LogP contribution is 2.12. The fourth-order valence-electron chi connectivity index (χ4n) is 2.09. The van der Waals surface area contributed by atoms with Crippen LogP contribution in [0.1, 0.15) is 37.0 Å². The molecule has 0 spiro atoms. The lowest BCUT2D eigenvalue weighted by Gasteiger charge is -2.11. The third kappa shape index (κ3) is 4.08. The first-order valence-corrected chi connectivity index (χ1v) is 7.25. The highest BCUT2D eigenvalue weighted by molar-refractivity contribution is 5.95. The minimum Gasteiger partial charge on any atom is -0.378 e. The van der Waals surface area contributed by atoms with Crippen molar-refractivity contribution >= 4 is 11.6 Å². The van der Waals surface area contributed by atoms with Gasteiger partial charge in [-0.05, 0) is 39.0 Å². The molecular weight excluding hydrogens is 264 g/mol. The Balaban J connectivity index is 2.03. The molecule has 2 N–H and O–H groups in total. The quantitative estimate of drug-likeness (QED) is 0.858. The number of benzene rings is 1. The smallest absolute Gasteiger partial charge is 0.251 e. The lowest BCUT2D eigenvalue weighted by atomic mass is 10.2. The van der Waals surface area contributed by atoms with Gasteiger partial charge in [0.05, 0.1) is 6.54 Å². The summed E-state index contributed by atoms with van der Waals surface area (Å²) in [7, 11) is 0. The van der Waals surface area contributed by atoms with Crippen LogP contribution >= 0.6 is 0 Å². The van der Waals surface area contributed by atoms with Crippen LogP contribution in [0.2, 0.25) is 0 Å². The number of carbonyl (C=O) groups is 1. The maximum Gasteiger partial charge on any atom is 0.251 e. The molecule has 2 aromatic rings. The van der Waals surface area contributed by atoms with Crippen molar-refractivity contribution < 1.29 is 4.79 Å². The summed E-state index contributed by atoms with van der Waals surface area (Å²) in [4.78, 5) is 16.3. The lowest BCUT2D eigenvalue weighted by molar-refractivity contribution is 0.0943. The minimum absolute atomic E-state index is 0.0521. The number of anilines is 1. The van der Waals surface area contributed by atoms with E-state index in [4.69, 9.17) is 0 Å². The third-order valence-corrected chi connectivity index (χ3v) is 3.14. The Labute approximate surface area is 125 Å². The molecule has 1 aromatic heterocycles. The fraction of sp³-hybridized carbons (Fsp3) is 0.375. The summed E-state index contributed by atoms with van der Waals surface area (Å²) in [5.41, 5.74) is 1.57. The Hall–Kier alpha value is -2.30. The number of amides is 1. The second-order valence-corrected chi connectivity index (χ2v) is 5.19. The molecule has 21 heavy (non-hydrogen) atoms. The molecule has 0 aliphatic rings. The van der Waals surface area contributed by atoms with Gasteiger partial charge in [-0.1, -0.05) is 6.07 Å². The van der Waals surface area contributed by atoms with E-state index < -0.39 is 0 Å². The first-order valence-electron chi connectivity index (χ1n) is 7.25. The zero-order chi connectivity index (χ0) is 15.2. The lowest BCUT2D eigenvalue weighted by Crippen LogP contribution is -2.30. The standard InChI is InChI=1S/C16H22N4O/c1-4-20-9-8-17-15(20)11-18-14-7-5-6-13(10-14)16(21)19-12(2)3/h5-10,12,18H,4,11H2,1-3H3,(H,19,21). The van der Waals surface area contributed by atoms with Crippen molar-refractivity contribution in [2.45, 2.75) is 39.9 Å². The fourth-order valence-corrected chi connectivity index (χ4v) is 2.09. The molecule has 0 atom stereocenters. The van der Waals surface area contributed by atoms with Crippen LogP contribution in [0.25, 0.3) is 0 Å². The van der Waals surface area contributed by atoms with Gasteiger partial charge in [-0.2, -0.15) is 0 Å². The van der Waals surface area contributed by atoms with Gasteiger partial charge in [0.2, 0.25) is 0 Å². The molecule has 1 heterocycles. The first kappa shape index (κ1) is 15.1. The third-order valence-electron chi connectivity index (χ3n) is 3.14. The molecule has 0 aliphatic carbocycles. The number of hydrogen-bond donors (Lipinski definition) is 2. The Kier molecular flexibility index (Phi) is 4.98. The van der Waals surface area contributed by atoms with Crippen molar-refractivity contribution in [2.75, 3.05) is 5.32 Å². The predicted octanol–water partition coefficient (Wildman–Crippen LogP) is 2.65. The van der Waals surface area contributed by atoms with Gasteiger partial charge >= 0.3 is 0 Å². The van der Waals surface area contributed by atoms with Gasteiger partial charge in [0.25, 0.3) is 5.91 Å². The van der Waals surface area contributed by atoms with E-state index in [1.54, 1.807) is 6.20 Å². The van der Waals surface area contributed by atoms with E-state index >= 15 is 0 Å². The van der Waals surface area contributed by atoms with Gasteiger partial charge in [-0.15, -0.1) is 0 Å². The monoisotopic (exact) mass is 286 g/mol. The van der Waals surface area contributed by atoms with Crippen LogP contribution in [0.3, 0.4) is 0 Å². The van der Waals surface area contributed by atoms with Crippen molar-refractivity contribution in [2.24, 2.45) is 0 Å². The molecule has 0 saturated carbocycles. The van der Waals surface area contributed by atoms with Crippen LogP contribution in [0.4, 0.5) is 5.69 Å². The summed E-state index contributed by atoms with van der Waals surface area (Å²) in [5, 5.41) is 6.20. The summed E-state index contributed by atoms with van der Waals surface area (Å²) >= 11 is 0. The summed E-state index contributed by atoms with van der Waals surface area (Å²) in [6.07, 6.45) is 3.76. The molecule has 0 fully saturated rings. The van der Waals surface area contributed by atoms with Crippen LogP contribution in [0.5, 0.6) is 0 Å². The summed E-state index contributed by atoms with van der Waals surface area (Å²) in [6, 6.07) is 7.63. The minimum atomic E-state index is -0.0521. The van der Waals surface area contributed by atoms with Gasteiger partial charge in [-0.25, -0.2) is 4.98 Å². The molecule has 1 amide bonds. The number of imidazole rings is 1. The van der Waals surface area contributed by atoms with Crippen LogP contribution in [-0.2, 0) is 13.1 Å². The van der Waals surface area contributed by atoms with Gasteiger partial charge < -0.3 is 15.2 Å². The van der Waals surface area contributed by atoms with E-state index in [-0.39, 0.29) is 11.9 Å². The molecule has 5 heteroatoms. The summed E-state index contributed by atoms with van der Waals surface area (Å²) < 4.78 is 2.09. The van der Waals surface area contributed by atoms with E-state index in [2.05, 4.69) is 27.1 Å². The summed E-state index contributed by atoms with van der Waals surface area (Å²) in [6.45, 7) is 7.52. The van der Waals surface area contributed by atoms with E-state index in [9.17, 15) is 4.79 Å². The Morgan fingerprint density at radius 3 is 2.90 bits per heavy atom. The van der Waals surface area contributed by atoms with Crippen molar-refractivity contribution in [3.63, 3.8) is 0 Å². The highest BCUT2D eigenvalue weighted by atomic mass is 16.1. The topological polar surface area (TPSA) is 59.0 Å². The number of carbonyl (C=O) groups excluding carboxylic acids is 1. The van der Waals surface area contributed by atoms with E-state index in [1.807, 2.05) is 44.3 Å². The van der Waals surface area contributed by atoms with Crippen LogP contribution < -0.4 is 10.6 Å². The van der Waals surface area contributed by atoms with Crippen molar-refractivity contribution in [3.8, 4) is 0 Å². The Bertz CT molecular complexity index is 604. The van der Waals surface area contributed by atoms with Gasteiger partial charge in [-0.3, -0.25) is 4.79 Å². The number of aryl methyl sites for hydroxylation is 1. The molecule has 0 saturated heterocycles. The zero-order valence-electron chi connectivity index (χ0n) is 12.8. The van der Waals surface area contributed by atoms with Gasteiger partial charge in [0, 0.05) is 36.2 Å². The van der Waals surface area contributed by atoms with Crippen molar-refractivity contribution in [1.82, 2.24) is 14.9 Å². The first-order chi connectivity index (χ1) is 10.1. The van der Waals surface area contributed by atoms with Crippen molar-refractivity contribution in [1.29, 1.82) is 0 Å². The molecule has 112 valence electrons. The molecular formula is C16H22N4O. The SMILES string of the molecule is CCn1ccnc1CNc1cccc(C(=O)NC(C)C)c1. The zero-order valence-corrected chi connectivity index (χ0v) is 12.8. The second-order valence-electron chi connectivity index (χ2n) is 5.19. The molecule has 0 bridgehead atoms. The highest BCUT2D eigenvalue weighted by Gasteiger charge is 2.07. The Morgan fingerprint density at radius 1 is 1.38 bits per heavy atom. The molecule has 0 radical (unpaired) electrons. The average Bonchev–Trinajstić information content (AvgIpc) is 2.92. The number of hydrogen-bond acceptors (Lipinski definition) is 3. The summed E-state index contributed by atoms with van der Waals surface area (Å²) in [5.74, 6) is 0.929. The largest absolute Gasteiger partial charge is 0.378 e. The number of nitrogens with zero attached hydrogens (tertiary/aromatic N) is 2. The second kappa shape index (κ2) is 6.92. The average molecular weight is 286 g/mol. The van der Waals surface area contributed by atoms with Gasteiger partial charge in [0.1, 0.15) is 5.82 Å². The van der Waals surface area contributed by atoms with Crippen molar-refractivity contribution in [3.05, 3.63) is 48.0 Å². The maximum absolute atomic E-state index is 12.0. The number of aromatic nitrogens is 2. The maximum atomic E-state index is 12.0. The molecule has 0 aliphatic heterocycles. The van der Waals surface area contributed by atoms with E-state index in [0.29, 0.717) is 12.1 Å². The van der Waals surface area contributed by atoms with Gasteiger partial charge in [0.15, 0.2) is 0 Å². The van der Waals surface area contributed by atoms with Crippen LogP contribution in [-0.4, -0.2) is 21.5 Å². The molecule has 5 nitrogen and oxygen atoms in total. The van der Waals surface area contributed by atoms with Crippen LogP contribution in [0.15, 0.2) is 36.7 Å². The molecule has 0 unspecified atom stereocenters. The number of rotatable bonds is 6. The molecule has 2 rings (SSSR count). The molecule has 1 aromatic carbocycles. The van der Waals surface area contributed by atoms with Crippen LogP contribution in [0, 0.1) is 0 Å².